The molecule has 9 nitrogen and oxygen atoms in total. The maximum absolute atomic E-state index is 9.58. The average molecular weight is 391 g/mol. The Labute approximate surface area is 161 Å². The van der Waals surface area contributed by atoms with Crippen molar-refractivity contribution in [2.75, 3.05) is 23.0 Å². The van der Waals surface area contributed by atoms with Crippen LogP contribution in [0.5, 0.6) is 0 Å². The standard InChI is InChI=1S/C17H23ClN8O/c1-9(2)13(8-27)21-17-22-15(14-16(23-17)26(3)25-24-14)20-7-10-11(18)5-4-6-12(10)19/h4-6,9,13,27H,7-8,19H2,1-3H3,(H2,20,21,22,23). The van der Waals surface area contributed by atoms with Gasteiger partial charge in [0.1, 0.15) is 0 Å². The van der Waals surface area contributed by atoms with Gasteiger partial charge in [0.25, 0.3) is 0 Å². The third-order valence-electron chi connectivity index (χ3n) is 4.35. The summed E-state index contributed by atoms with van der Waals surface area (Å²) in [5, 5.41) is 24.7. The topological polar surface area (TPSA) is 127 Å². The normalized spacial score (nSPS) is 12.5. The highest BCUT2D eigenvalue weighted by molar-refractivity contribution is 6.31. The van der Waals surface area contributed by atoms with Gasteiger partial charge in [-0.15, -0.1) is 5.10 Å². The maximum atomic E-state index is 9.58. The van der Waals surface area contributed by atoms with Crippen molar-refractivity contribution in [1.82, 2.24) is 25.0 Å². The Morgan fingerprint density at radius 3 is 2.74 bits per heavy atom. The fourth-order valence-electron chi connectivity index (χ4n) is 2.63. The summed E-state index contributed by atoms with van der Waals surface area (Å²) in [7, 11) is 1.76. The molecule has 0 bridgehead atoms. The van der Waals surface area contributed by atoms with Crippen LogP contribution in [0.2, 0.25) is 5.02 Å². The Morgan fingerprint density at radius 1 is 1.30 bits per heavy atom. The first-order valence-corrected chi connectivity index (χ1v) is 9.00. The molecule has 0 amide bonds. The predicted molar refractivity (Wildman–Crippen MR) is 107 cm³/mol. The fourth-order valence-corrected chi connectivity index (χ4v) is 2.87. The first-order valence-electron chi connectivity index (χ1n) is 8.62. The Kier molecular flexibility index (Phi) is 5.62. The van der Waals surface area contributed by atoms with Crippen molar-refractivity contribution in [3.05, 3.63) is 28.8 Å². The van der Waals surface area contributed by atoms with Gasteiger partial charge in [-0.1, -0.05) is 36.7 Å². The molecule has 0 aliphatic heterocycles. The van der Waals surface area contributed by atoms with Crippen LogP contribution in [-0.4, -0.2) is 42.7 Å². The predicted octanol–water partition coefficient (Wildman–Crippen LogP) is 2.03. The quantitative estimate of drug-likeness (QED) is 0.451. The minimum Gasteiger partial charge on any atom is -0.398 e. The average Bonchev–Trinajstić information content (AvgIpc) is 3.00. The van der Waals surface area contributed by atoms with E-state index < -0.39 is 0 Å². The zero-order valence-corrected chi connectivity index (χ0v) is 16.2. The molecule has 0 saturated carbocycles. The van der Waals surface area contributed by atoms with Crippen molar-refractivity contribution in [2.24, 2.45) is 13.0 Å². The van der Waals surface area contributed by atoms with Crippen LogP contribution < -0.4 is 16.4 Å². The molecule has 1 unspecified atom stereocenters. The number of benzene rings is 1. The lowest BCUT2D eigenvalue weighted by molar-refractivity contribution is 0.248. The molecule has 3 aromatic rings. The number of nitrogens with two attached hydrogens (primary N) is 1. The smallest absolute Gasteiger partial charge is 0.227 e. The molecular formula is C17H23ClN8O. The van der Waals surface area contributed by atoms with E-state index in [-0.39, 0.29) is 18.6 Å². The number of hydrogen-bond acceptors (Lipinski definition) is 8. The van der Waals surface area contributed by atoms with Crippen LogP contribution in [0.15, 0.2) is 18.2 Å². The van der Waals surface area contributed by atoms with E-state index in [9.17, 15) is 5.11 Å². The maximum Gasteiger partial charge on any atom is 0.227 e. The number of aromatic nitrogens is 5. The van der Waals surface area contributed by atoms with E-state index in [0.29, 0.717) is 40.2 Å². The molecule has 10 heteroatoms. The third kappa shape index (κ3) is 4.04. The molecule has 3 rings (SSSR count). The second kappa shape index (κ2) is 7.93. The van der Waals surface area contributed by atoms with E-state index in [4.69, 9.17) is 17.3 Å². The molecule has 2 heterocycles. The number of nitrogens with zero attached hydrogens (tertiary/aromatic N) is 5. The lowest BCUT2D eigenvalue weighted by Gasteiger charge is -2.20. The molecule has 0 saturated heterocycles. The van der Waals surface area contributed by atoms with Crippen LogP contribution in [0.4, 0.5) is 17.5 Å². The van der Waals surface area contributed by atoms with E-state index in [1.165, 1.54) is 0 Å². The molecule has 1 aromatic carbocycles. The van der Waals surface area contributed by atoms with Crippen molar-refractivity contribution in [3.63, 3.8) is 0 Å². The number of aryl methyl sites for hydroxylation is 1. The van der Waals surface area contributed by atoms with Gasteiger partial charge in [0.05, 0.1) is 12.6 Å². The fraction of sp³-hybridized carbons (Fsp3) is 0.412. The molecule has 0 radical (unpaired) electrons. The van der Waals surface area contributed by atoms with Crippen molar-refractivity contribution >= 4 is 40.2 Å². The third-order valence-corrected chi connectivity index (χ3v) is 4.71. The zero-order valence-electron chi connectivity index (χ0n) is 15.4. The summed E-state index contributed by atoms with van der Waals surface area (Å²) in [6.45, 7) is 4.37. The molecule has 0 aliphatic rings. The Morgan fingerprint density at radius 2 is 2.07 bits per heavy atom. The van der Waals surface area contributed by atoms with Gasteiger partial charge in [-0.25, -0.2) is 4.68 Å². The highest BCUT2D eigenvalue weighted by atomic mass is 35.5. The first kappa shape index (κ1) is 19.1. The van der Waals surface area contributed by atoms with Gasteiger partial charge in [0.15, 0.2) is 17.0 Å². The number of hydrogen-bond donors (Lipinski definition) is 4. The van der Waals surface area contributed by atoms with Gasteiger partial charge in [0.2, 0.25) is 5.95 Å². The number of aliphatic hydroxyl groups excluding tert-OH is 1. The molecule has 144 valence electrons. The summed E-state index contributed by atoms with van der Waals surface area (Å²) in [4.78, 5) is 8.98. The molecular weight excluding hydrogens is 368 g/mol. The van der Waals surface area contributed by atoms with Gasteiger partial charge in [-0.2, -0.15) is 9.97 Å². The number of fused-ring (bicyclic) bond motifs is 1. The Balaban J connectivity index is 1.94. The Bertz CT molecular complexity index is 922. The van der Waals surface area contributed by atoms with Crippen LogP contribution in [0.25, 0.3) is 11.2 Å². The SMILES string of the molecule is CC(C)C(CO)Nc1nc(NCc2c(N)cccc2Cl)c2nnn(C)c2n1. The summed E-state index contributed by atoms with van der Waals surface area (Å²) in [6.07, 6.45) is 0. The minimum absolute atomic E-state index is 0.0262. The van der Waals surface area contributed by atoms with Crippen molar-refractivity contribution in [2.45, 2.75) is 26.4 Å². The number of rotatable bonds is 7. The van der Waals surface area contributed by atoms with E-state index in [0.717, 1.165) is 5.56 Å². The second-order valence-corrected chi connectivity index (χ2v) is 7.03. The molecule has 5 N–H and O–H groups in total. The summed E-state index contributed by atoms with van der Waals surface area (Å²) in [5.41, 5.74) is 8.51. The zero-order chi connectivity index (χ0) is 19.6. The van der Waals surface area contributed by atoms with E-state index in [1.807, 2.05) is 13.8 Å². The minimum atomic E-state index is -0.171. The van der Waals surface area contributed by atoms with Crippen LogP contribution in [0.1, 0.15) is 19.4 Å². The summed E-state index contributed by atoms with van der Waals surface area (Å²) >= 11 is 6.25. The van der Waals surface area contributed by atoms with E-state index in [2.05, 4.69) is 30.9 Å². The number of nitrogens with one attached hydrogen (secondary N) is 2. The van der Waals surface area contributed by atoms with Crippen molar-refractivity contribution in [3.8, 4) is 0 Å². The van der Waals surface area contributed by atoms with Gasteiger partial charge >= 0.3 is 0 Å². The van der Waals surface area contributed by atoms with Gasteiger partial charge in [-0.05, 0) is 18.1 Å². The van der Waals surface area contributed by atoms with Gasteiger partial charge in [0, 0.05) is 29.9 Å². The van der Waals surface area contributed by atoms with Crippen LogP contribution in [0, 0.1) is 5.92 Å². The lowest BCUT2D eigenvalue weighted by atomic mass is 10.1. The summed E-state index contributed by atoms with van der Waals surface area (Å²) < 4.78 is 1.57. The second-order valence-electron chi connectivity index (χ2n) is 6.62. The van der Waals surface area contributed by atoms with Gasteiger partial charge in [-0.3, -0.25) is 0 Å². The number of nitrogen functional groups attached to an aromatic ring is 1. The number of halogens is 1. The number of anilines is 3. The summed E-state index contributed by atoms with van der Waals surface area (Å²) in [5.74, 6) is 1.10. The van der Waals surface area contributed by atoms with Gasteiger partial charge < -0.3 is 21.5 Å². The van der Waals surface area contributed by atoms with Crippen LogP contribution in [-0.2, 0) is 13.6 Å². The Hall–Kier alpha value is -2.65. The summed E-state index contributed by atoms with van der Waals surface area (Å²) in [6, 6.07) is 5.21. The largest absolute Gasteiger partial charge is 0.398 e. The van der Waals surface area contributed by atoms with Crippen LogP contribution >= 0.6 is 11.6 Å². The van der Waals surface area contributed by atoms with Crippen LogP contribution in [0.3, 0.4) is 0 Å². The highest BCUT2D eigenvalue weighted by Crippen LogP contribution is 2.25. The molecule has 27 heavy (non-hydrogen) atoms. The molecule has 1 atom stereocenters. The molecule has 0 fully saturated rings. The first-order chi connectivity index (χ1) is 12.9. The van der Waals surface area contributed by atoms with E-state index >= 15 is 0 Å². The number of aliphatic hydroxyl groups is 1. The molecule has 0 spiro atoms. The monoisotopic (exact) mass is 390 g/mol. The van der Waals surface area contributed by atoms with Crippen molar-refractivity contribution in [1.29, 1.82) is 0 Å². The highest BCUT2D eigenvalue weighted by Gasteiger charge is 2.18. The van der Waals surface area contributed by atoms with Crippen molar-refractivity contribution < 1.29 is 5.11 Å². The lowest BCUT2D eigenvalue weighted by Crippen LogP contribution is -2.30. The molecule has 2 aromatic heterocycles. The van der Waals surface area contributed by atoms with E-state index in [1.54, 1.807) is 29.9 Å². The molecule has 0 aliphatic carbocycles.